The highest BCUT2D eigenvalue weighted by molar-refractivity contribution is 6.30. The first-order chi connectivity index (χ1) is 8.26. The van der Waals surface area contributed by atoms with Crippen molar-refractivity contribution < 1.29 is 4.74 Å². The van der Waals surface area contributed by atoms with Gasteiger partial charge in [0.15, 0.2) is 0 Å². The van der Waals surface area contributed by atoms with E-state index in [0.717, 1.165) is 31.1 Å². The van der Waals surface area contributed by atoms with Crippen molar-refractivity contribution in [2.24, 2.45) is 0 Å². The largest absolute Gasteiger partial charge is 0.380 e. The van der Waals surface area contributed by atoms with Crippen LogP contribution in [0.15, 0.2) is 24.3 Å². The highest BCUT2D eigenvalue weighted by Crippen LogP contribution is 2.39. The Labute approximate surface area is 107 Å². The summed E-state index contributed by atoms with van der Waals surface area (Å²) >= 11 is 5.90. The van der Waals surface area contributed by atoms with E-state index < -0.39 is 0 Å². The first-order valence-corrected chi connectivity index (χ1v) is 6.74. The van der Waals surface area contributed by atoms with Crippen molar-refractivity contribution in [2.45, 2.75) is 37.3 Å². The maximum atomic E-state index is 5.90. The maximum absolute atomic E-state index is 5.90. The van der Waals surface area contributed by atoms with Crippen molar-refractivity contribution >= 4 is 11.6 Å². The summed E-state index contributed by atoms with van der Waals surface area (Å²) in [5, 5.41) is 4.59. The zero-order valence-corrected chi connectivity index (χ0v) is 10.7. The minimum Gasteiger partial charge on any atom is -0.380 e. The van der Waals surface area contributed by atoms with E-state index in [9.17, 15) is 0 Å². The Morgan fingerprint density at radius 1 is 1.29 bits per heavy atom. The molecule has 1 aromatic carbocycles. The predicted octanol–water partition coefficient (Wildman–Crippen LogP) is 2.79. The second-order valence-corrected chi connectivity index (χ2v) is 5.72. The molecule has 0 aromatic heterocycles. The molecule has 3 rings (SSSR count). The van der Waals surface area contributed by atoms with Gasteiger partial charge in [0.1, 0.15) is 0 Å². The molecule has 0 amide bonds. The average Bonchev–Trinajstić information content (AvgIpc) is 2.87. The van der Waals surface area contributed by atoms with E-state index in [1.54, 1.807) is 0 Å². The van der Waals surface area contributed by atoms with Crippen LogP contribution in [0.3, 0.4) is 0 Å². The fraction of sp³-hybridized carbons (Fsp3) is 0.571. The van der Waals surface area contributed by atoms with E-state index in [-0.39, 0.29) is 0 Å². The second kappa shape index (κ2) is 4.60. The van der Waals surface area contributed by atoms with Crippen LogP contribution in [0.5, 0.6) is 0 Å². The van der Waals surface area contributed by atoms with Crippen molar-refractivity contribution in [3.8, 4) is 0 Å². The summed E-state index contributed by atoms with van der Waals surface area (Å²) in [5.41, 5.74) is 1.71. The lowest BCUT2D eigenvalue weighted by Crippen LogP contribution is -2.41. The van der Waals surface area contributed by atoms with Gasteiger partial charge in [0, 0.05) is 23.2 Å². The zero-order valence-electron chi connectivity index (χ0n) is 9.92. The van der Waals surface area contributed by atoms with Gasteiger partial charge in [-0.25, -0.2) is 0 Å². The standard InChI is InChI=1S/C14H18ClNO/c15-12-3-1-11(2-4-12)9-14(6-7-14)16-13-5-8-17-10-13/h1-4,13,16H,5-10H2/t13-/m1/s1. The lowest BCUT2D eigenvalue weighted by molar-refractivity contribution is 0.187. The van der Waals surface area contributed by atoms with Crippen LogP contribution in [-0.2, 0) is 11.2 Å². The molecule has 1 atom stereocenters. The number of hydrogen-bond donors (Lipinski definition) is 1. The number of hydrogen-bond acceptors (Lipinski definition) is 2. The smallest absolute Gasteiger partial charge is 0.0620 e. The van der Waals surface area contributed by atoms with Gasteiger partial charge in [-0.1, -0.05) is 23.7 Å². The molecule has 92 valence electrons. The van der Waals surface area contributed by atoms with Gasteiger partial charge in [-0.3, -0.25) is 0 Å². The monoisotopic (exact) mass is 251 g/mol. The molecule has 0 spiro atoms. The van der Waals surface area contributed by atoms with E-state index in [4.69, 9.17) is 16.3 Å². The summed E-state index contributed by atoms with van der Waals surface area (Å²) in [6, 6.07) is 8.78. The van der Waals surface area contributed by atoms with Crippen molar-refractivity contribution in [3.63, 3.8) is 0 Å². The molecular formula is C14H18ClNO. The summed E-state index contributed by atoms with van der Waals surface area (Å²) in [6.45, 7) is 1.79. The molecule has 1 saturated carbocycles. The first kappa shape index (κ1) is 11.5. The molecule has 0 radical (unpaired) electrons. The van der Waals surface area contributed by atoms with Crippen LogP contribution in [0.1, 0.15) is 24.8 Å². The van der Waals surface area contributed by atoms with Gasteiger partial charge < -0.3 is 10.1 Å². The van der Waals surface area contributed by atoms with Crippen molar-refractivity contribution in [1.29, 1.82) is 0 Å². The van der Waals surface area contributed by atoms with Gasteiger partial charge in [0.05, 0.1) is 6.61 Å². The van der Waals surface area contributed by atoms with Gasteiger partial charge >= 0.3 is 0 Å². The van der Waals surface area contributed by atoms with Crippen molar-refractivity contribution in [1.82, 2.24) is 5.32 Å². The molecule has 2 fully saturated rings. The SMILES string of the molecule is Clc1ccc(CC2(N[C@@H]3CCOC3)CC2)cc1. The van der Waals surface area contributed by atoms with Crippen molar-refractivity contribution in [3.05, 3.63) is 34.9 Å². The van der Waals surface area contributed by atoms with E-state index in [0.29, 0.717) is 11.6 Å². The number of benzene rings is 1. The Kier molecular flexibility index (Phi) is 3.12. The summed E-state index contributed by atoms with van der Waals surface area (Å²) in [5.74, 6) is 0. The third-order valence-electron chi connectivity index (χ3n) is 3.75. The first-order valence-electron chi connectivity index (χ1n) is 6.36. The highest BCUT2D eigenvalue weighted by atomic mass is 35.5. The lowest BCUT2D eigenvalue weighted by Gasteiger charge is -2.21. The molecule has 0 unspecified atom stereocenters. The Bertz CT molecular complexity index is 380. The fourth-order valence-corrected chi connectivity index (χ4v) is 2.72. The molecule has 17 heavy (non-hydrogen) atoms. The Morgan fingerprint density at radius 3 is 2.65 bits per heavy atom. The molecule has 2 nitrogen and oxygen atoms in total. The van der Waals surface area contributed by atoms with Gasteiger partial charge in [0.2, 0.25) is 0 Å². The Hall–Kier alpha value is -0.570. The molecule has 0 bridgehead atoms. The third kappa shape index (κ3) is 2.82. The zero-order chi connectivity index (χ0) is 11.7. The van der Waals surface area contributed by atoms with E-state index in [1.807, 2.05) is 12.1 Å². The van der Waals surface area contributed by atoms with Crippen LogP contribution in [0.2, 0.25) is 5.02 Å². The molecule has 1 N–H and O–H groups in total. The van der Waals surface area contributed by atoms with Crippen LogP contribution in [0, 0.1) is 0 Å². The van der Waals surface area contributed by atoms with Crippen LogP contribution in [0.4, 0.5) is 0 Å². The summed E-state index contributed by atoms with van der Waals surface area (Å²) in [6.07, 6.45) is 4.83. The summed E-state index contributed by atoms with van der Waals surface area (Å²) in [4.78, 5) is 0. The number of ether oxygens (including phenoxy) is 1. The van der Waals surface area contributed by atoms with Gasteiger partial charge in [-0.15, -0.1) is 0 Å². The molecule has 1 aliphatic carbocycles. The fourth-order valence-electron chi connectivity index (χ4n) is 2.60. The lowest BCUT2D eigenvalue weighted by atomic mass is 10.0. The van der Waals surface area contributed by atoms with Crippen LogP contribution in [0.25, 0.3) is 0 Å². The predicted molar refractivity (Wildman–Crippen MR) is 69.5 cm³/mol. The van der Waals surface area contributed by atoms with E-state index in [1.165, 1.54) is 18.4 Å². The maximum Gasteiger partial charge on any atom is 0.0620 e. The quantitative estimate of drug-likeness (QED) is 0.889. The van der Waals surface area contributed by atoms with Crippen LogP contribution in [-0.4, -0.2) is 24.8 Å². The topological polar surface area (TPSA) is 21.3 Å². The minimum absolute atomic E-state index is 0.339. The van der Waals surface area contributed by atoms with Gasteiger partial charge in [0.25, 0.3) is 0 Å². The molecule has 1 aromatic rings. The van der Waals surface area contributed by atoms with E-state index in [2.05, 4.69) is 17.4 Å². The van der Waals surface area contributed by atoms with Gasteiger partial charge in [-0.2, -0.15) is 0 Å². The summed E-state index contributed by atoms with van der Waals surface area (Å²) < 4.78 is 5.42. The van der Waals surface area contributed by atoms with Crippen LogP contribution >= 0.6 is 11.6 Å². The normalized spacial score (nSPS) is 26.1. The van der Waals surface area contributed by atoms with Gasteiger partial charge in [-0.05, 0) is 43.4 Å². The molecule has 1 saturated heterocycles. The van der Waals surface area contributed by atoms with Crippen molar-refractivity contribution in [2.75, 3.05) is 13.2 Å². The molecule has 1 heterocycles. The molecule has 2 aliphatic rings. The molecular weight excluding hydrogens is 234 g/mol. The third-order valence-corrected chi connectivity index (χ3v) is 4.00. The van der Waals surface area contributed by atoms with Crippen LogP contribution < -0.4 is 5.32 Å². The summed E-state index contributed by atoms with van der Waals surface area (Å²) in [7, 11) is 0. The number of rotatable bonds is 4. The van der Waals surface area contributed by atoms with E-state index >= 15 is 0 Å². The average molecular weight is 252 g/mol. The molecule has 1 aliphatic heterocycles. The number of halogens is 1. The number of nitrogens with one attached hydrogen (secondary N) is 1. The molecule has 3 heteroatoms. The Morgan fingerprint density at radius 2 is 2.06 bits per heavy atom. The minimum atomic E-state index is 0.339. The highest BCUT2D eigenvalue weighted by Gasteiger charge is 2.44. The second-order valence-electron chi connectivity index (χ2n) is 5.29. The Balaban J connectivity index is 1.61.